The van der Waals surface area contributed by atoms with E-state index in [0.29, 0.717) is 0 Å². The maximum atomic E-state index is 11.3. The summed E-state index contributed by atoms with van der Waals surface area (Å²) in [4.78, 5) is -3.59. The van der Waals surface area contributed by atoms with E-state index >= 15 is 0 Å². The summed E-state index contributed by atoms with van der Waals surface area (Å²) in [6, 6.07) is 0. The van der Waals surface area contributed by atoms with E-state index in [4.69, 9.17) is 0 Å². The van der Waals surface area contributed by atoms with Crippen LogP contribution in [-0.4, -0.2) is 10.5 Å². The second-order valence-corrected chi connectivity index (χ2v) is 2.28. The Bertz CT molecular complexity index is 58.4. The van der Waals surface area contributed by atoms with Crippen LogP contribution in [0.4, 0.5) is 13.2 Å². The van der Waals surface area contributed by atoms with Gasteiger partial charge in [0.25, 0.3) is 0 Å². The van der Waals surface area contributed by atoms with Crippen LogP contribution in [0.2, 0.25) is 0 Å². The highest BCUT2D eigenvalue weighted by Gasteiger charge is 2.34. The van der Waals surface area contributed by atoms with E-state index in [1.807, 2.05) is 0 Å². The van der Waals surface area contributed by atoms with Crippen molar-refractivity contribution in [3.63, 3.8) is 0 Å². The lowest BCUT2D eigenvalue weighted by Gasteiger charge is -2.04. The van der Waals surface area contributed by atoms with Gasteiger partial charge in [0.2, 0.25) is 5.63 Å². The molecule has 0 aromatic rings. The number of alkyl halides is 5. The molecule has 0 aliphatic rings. The van der Waals surface area contributed by atoms with Crippen molar-refractivity contribution in [2.45, 2.75) is 10.5 Å². The van der Waals surface area contributed by atoms with Gasteiger partial charge in [0, 0.05) is 0 Å². The molecule has 0 bridgehead atoms. The summed E-state index contributed by atoms with van der Waals surface area (Å²) in [6.45, 7) is 0. The average molecular weight is 197 g/mol. The fraction of sp³-hybridized carbons (Fsp3) is 1.00. The standard InChI is InChI=1S/C2HBrClF3/c3-2(6,7)1(4)5/h1H/t1-/m0/s1. The highest BCUT2D eigenvalue weighted by Crippen LogP contribution is 2.30. The van der Waals surface area contributed by atoms with Gasteiger partial charge in [-0.1, -0.05) is 11.6 Å². The number of hydrogen-bond acceptors (Lipinski definition) is 0. The fourth-order valence-corrected chi connectivity index (χ4v) is 0. The topological polar surface area (TPSA) is 0 Å². The minimum absolute atomic E-state index is 1.70. The third kappa shape index (κ3) is 3.17. The Labute approximate surface area is 51.8 Å². The van der Waals surface area contributed by atoms with Crippen molar-refractivity contribution < 1.29 is 13.2 Å². The molecular formula is C2HBrClF3. The molecule has 0 radical (unpaired) electrons. The fourth-order valence-electron chi connectivity index (χ4n) is 0. The minimum atomic E-state index is -3.59. The van der Waals surface area contributed by atoms with Crippen molar-refractivity contribution in [2.75, 3.05) is 0 Å². The van der Waals surface area contributed by atoms with E-state index < -0.39 is 10.5 Å². The first-order chi connectivity index (χ1) is 2.94. The minimum Gasteiger partial charge on any atom is -0.222 e. The van der Waals surface area contributed by atoms with Gasteiger partial charge < -0.3 is 0 Å². The molecule has 0 spiro atoms. The van der Waals surface area contributed by atoms with E-state index in [2.05, 4.69) is 11.6 Å². The molecule has 0 nitrogen and oxygen atoms in total. The van der Waals surface area contributed by atoms with Gasteiger partial charge in [-0.2, -0.15) is 8.78 Å². The van der Waals surface area contributed by atoms with E-state index in [9.17, 15) is 13.2 Å². The molecule has 0 saturated carbocycles. The highest BCUT2D eigenvalue weighted by molar-refractivity contribution is 9.10. The van der Waals surface area contributed by atoms with Gasteiger partial charge in [0.15, 0.2) is 0 Å². The van der Waals surface area contributed by atoms with Crippen LogP contribution in [-0.2, 0) is 0 Å². The molecule has 0 aliphatic heterocycles. The van der Waals surface area contributed by atoms with Crippen LogP contribution in [0.3, 0.4) is 0 Å². The van der Waals surface area contributed by atoms with Crippen molar-refractivity contribution in [3.8, 4) is 0 Å². The molecule has 0 N–H and O–H groups in total. The lowest BCUT2D eigenvalue weighted by molar-refractivity contribution is 0.0616. The molecule has 0 heterocycles. The maximum absolute atomic E-state index is 11.3. The molecule has 1 atom stereocenters. The molecule has 0 saturated heterocycles. The van der Waals surface area contributed by atoms with Gasteiger partial charge in [0.05, 0.1) is 0 Å². The van der Waals surface area contributed by atoms with Crippen molar-refractivity contribution in [3.05, 3.63) is 0 Å². The Morgan fingerprint density at radius 1 is 1.57 bits per heavy atom. The Morgan fingerprint density at radius 2 is 1.71 bits per heavy atom. The molecule has 0 unspecified atom stereocenters. The zero-order valence-electron chi connectivity index (χ0n) is 2.97. The lowest BCUT2D eigenvalue weighted by atomic mass is 10.8. The van der Waals surface area contributed by atoms with E-state index in [1.165, 1.54) is 0 Å². The second kappa shape index (κ2) is 2.22. The second-order valence-electron chi connectivity index (χ2n) is 0.842. The van der Waals surface area contributed by atoms with Crippen LogP contribution >= 0.6 is 27.5 Å². The monoisotopic (exact) mass is 196 g/mol. The van der Waals surface area contributed by atoms with Crippen molar-refractivity contribution >= 4 is 27.5 Å². The quantitative estimate of drug-likeness (QED) is 0.567. The zero-order chi connectivity index (χ0) is 6.08. The Kier molecular flexibility index (Phi) is 2.40. The van der Waals surface area contributed by atoms with Gasteiger partial charge in [-0.3, -0.25) is 0 Å². The SMILES string of the molecule is F[C@H](Cl)C(F)(F)Br. The highest BCUT2D eigenvalue weighted by atomic mass is 79.9. The zero-order valence-corrected chi connectivity index (χ0v) is 5.31. The number of halogens is 5. The van der Waals surface area contributed by atoms with Crippen molar-refractivity contribution in [2.24, 2.45) is 0 Å². The smallest absolute Gasteiger partial charge is 0.222 e. The molecule has 44 valence electrons. The predicted molar refractivity (Wildman–Crippen MR) is 24.6 cm³/mol. The summed E-state index contributed by atoms with van der Waals surface area (Å²) in [5.41, 5.74) is -2.65. The van der Waals surface area contributed by atoms with Crippen LogP contribution in [0.5, 0.6) is 0 Å². The van der Waals surface area contributed by atoms with Crippen molar-refractivity contribution in [1.29, 1.82) is 0 Å². The van der Waals surface area contributed by atoms with Crippen LogP contribution in [0.25, 0.3) is 0 Å². The number of rotatable bonds is 1. The molecule has 0 aromatic carbocycles. The van der Waals surface area contributed by atoms with Gasteiger partial charge in [-0.15, -0.1) is 0 Å². The number of hydrogen-bond donors (Lipinski definition) is 0. The van der Waals surface area contributed by atoms with Crippen LogP contribution in [0.1, 0.15) is 0 Å². The Balaban J connectivity index is 3.54. The van der Waals surface area contributed by atoms with Gasteiger partial charge in [-0.25, -0.2) is 4.39 Å². The molecule has 7 heavy (non-hydrogen) atoms. The third-order valence-electron chi connectivity index (χ3n) is 0.247. The molecule has 5 heteroatoms. The Morgan fingerprint density at radius 3 is 1.71 bits per heavy atom. The summed E-state index contributed by atoms with van der Waals surface area (Å²) in [5, 5.41) is 0. The van der Waals surface area contributed by atoms with Crippen LogP contribution in [0, 0.1) is 0 Å². The predicted octanol–water partition coefficient (Wildman–Crippen LogP) is 2.51. The van der Waals surface area contributed by atoms with Crippen molar-refractivity contribution in [1.82, 2.24) is 0 Å². The summed E-state index contributed by atoms with van der Waals surface area (Å²) in [5.74, 6) is 0. The molecule has 0 aliphatic carbocycles. The van der Waals surface area contributed by atoms with E-state index in [-0.39, 0.29) is 0 Å². The van der Waals surface area contributed by atoms with E-state index in [1.54, 1.807) is 15.9 Å². The van der Waals surface area contributed by atoms with Gasteiger partial charge >= 0.3 is 4.83 Å². The molecular weight excluding hydrogens is 196 g/mol. The molecule has 0 amide bonds. The van der Waals surface area contributed by atoms with E-state index in [0.717, 1.165) is 0 Å². The molecule has 0 rings (SSSR count). The first-order valence-corrected chi connectivity index (χ1v) is 2.52. The lowest BCUT2D eigenvalue weighted by Crippen LogP contribution is -2.15. The summed E-state index contributed by atoms with van der Waals surface area (Å²) in [7, 11) is 0. The average Bonchev–Trinajstić information content (AvgIpc) is 1.31. The first-order valence-electron chi connectivity index (χ1n) is 1.29. The maximum Gasteiger partial charge on any atom is 0.345 e. The largest absolute Gasteiger partial charge is 0.345 e. The summed E-state index contributed by atoms with van der Waals surface area (Å²) in [6.07, 6.45) is 0. The molecule has 0 aromatic heterocycles. The van der Waals surface area contributed by atoms with Crippen LogP contribution < -0.4 is 0 Å². The van der Waals surface area contributed by atoms with Crippen LogP contribution in [0.15, 0.2) is 0 Å². The Hall–Kier alpha value is 0.560. The first kappa shape index (κ1) is 7.56. The summed E-state index contributed by atoms with van der Waals surface area (Å²) >= 11 is 5.99. The van der Waals surface area contributed by atoms with Gasteiger partial charge in [0.1, 0.15) is 0 Å². The summed E-state index contributed by atoms with van der Waals surface area (Å²) < 4.78 is 33.7. The molecule has 0 fully saturated rings. The normalized spacial score (nSPS) is 16.7. The van der Waals surface area contributed by atoms with Gasteiger partial charge in [-0.05, 0) is 15.9 Å². The third-order valence-corrected chi connectivity index (χ3v) is 1.19.